The maximum atomic E-state index is 12.6. The first-order valence-corrected chi connectivity index (χ1v) is 15.7. The first-order valence-electron chi connectivity index (χ1n) is 15.7. The molecular weight excluding hydrogens is 472 g/mol. The molecule has 218 valence electrons. The number of hydrogen-bond acceptors (Lipinski definition) is 4. The average molecular weight is 531 g/mol. The number of nitrogens with two attached hydrogens (primary N) is 2. The number of carbonyl (C=O) groups is 2. The van der Waals surface area contributed by atoms with E-state index < -0.39 is 0 Å². The van der Waals surface area contributed by atoms with E-state index in [0.29, 0.717) is 24.2 Å². The molecule has 1 rings (SSSR count). The van der Waals surface area contributed by atoms with Crippen molar-refractivity contribution in [2.24, 2.45) is 11.5 Å². The van der Waals surface area contributed by atoms with Crippen molar-refractivity contribution in [2.45, 2.75) is 142 Å². The maximum Gasteiger partial charge on any atom is 0.251 e. The van der Waals surface area contributed by atoms with E-state index in [1.54, 1.807) is 24.3 Å². The lowest BCUT2D eigenvalue weighted by Crippen LogP contribution is -2.28. The van der Waals surface area contributed by atoms with E-state index in [0.717, 1.165) is 38.5 Å². The Balaban J connectivity index is 2.20. The maximum absolute atomic E-state index is 12.6. The van der Waals surface area contributed by atoms with E-state index in [4.69, 9.17) is 11.5 Å². The second-order valence-electron chi connectivity index (χ2n) is 11.0. The smallest absolute Gasteiger partial charge is 0.251 e. The summed E-state index contributed by atoms with van der Waals surface area (Å²) in [6, 6.07) is 7.33. The third-order valence-electron chi connectivity index (χ3n) is 7.32. The van der Waals surface area contributed by atoms with E-state index in [1.165, 1.54) is 77.0 Å². The van der Waals surface area contributed by atoms with Crippen molar-refractivity contribution in [3.05, 3.63) is 35.4 Å². The summed E-state index contributed by atoms with van der Waals surface area (Å²) in [7, 11) is 0. The Bertz CT molecular complexity index is 683. The number of benzene rings is 1. The Morgan fingerprint density at radius 1 is 0.605 bits per heavy atom. The Morgan fingerprint density at radius 2 is 0.974 bits per heavy atom. The van der Waals surface area contributed by atoms with Gasteiger partial charge in [-0.1, -0.05) is 97.0 Å². The number of hydrogen-bond donors (Lipinski definition) is 4. The van der Waals surface area contributed by atoms with Crippen molar-refractivity contribution in [1.82, 2.24) is 10.6 Å². The van der Waals surface area contributed by atoms with Crippen LogP contribution in [0.3, 0.4) is 0 Å². The van der Waals surface area contributed by atoms with Gasteiger partial charge in [0.15, 0.2) is 0 Å². The zero-order chi connectivity index (χ0) is 27.8. The molecule has 0 saturated carbocycles. The predicted molar refractivity (Wildman–Crippen MR) is 162 cm³/mol. The topological polar surface area (TPSA) is 110 Å². The van der Waals surface area contributed by atoms with Gasteiger partial charge in [0, 0.05) is 36.3 Å². The van der Waals surface area contributed by atoms with Gasteiger partial charge >= 0.3 is 0 Å². The Hall–Kier alpha value is -1.92. The molecule has 2 atom stereocenters. The summed E-state index contributed by atoms with van der Waals surface area (Å²) >= 11 is 0. The van der Waals surface area contributed by atoms with Gasteiger partial charge < -0.3 is 22.1 Å². The Labute approximate surface area is 233 Å². The molecule has 0 aromatic heterocycles. The summed E-state index contributed by atoms with van der Waals surface area (Å²) in [4.78, 5) is 25.1. The first-order chi connectivity index (χ1) is 18.5. The molecule has 0 aliphatic carbocycles. The minimum atomic E-state index is -0.148. The summed E-state index contributed by atoms with van der Waals surface area (Å²) in [5.74, 6) is -0.297. The largest absolute Gasteiger partial charge is 0.352 e. The van der Waals surface area contributed by atoms with Gasteiger partial charge in [0.1, 0.15) is 0 Å². The molecule has 6 heteroatoms. The fourth-order valence-electron chi connectivity index (χ4n) is 4.80. The normalized spacial score (nSPS) is 12.7. The zero-order valence-corrected chi connectivity index (χ0v) is 24.6. The van der Waals surface area contributed by atoms with Gasteiger partial charge in [-0.05, 0) is 56.7 Å². The molecule has 2 amide bonds. The molecule has 0 aliphatic heterocycles. The quantitative estimate of drug-likeness (QED) is 0.109. The Kier molecular flexibility index (Phi) is 20.7. The van der Waals surface area contributed by atoms with Crippen molar-refractivity contribution in [3.63, 3.8) is 0 Å². The van der Waals surface area contributed by atoms with Gasteiger partial charge in [0.05, 0.1) is 0 Å². The van der Waals surface area contributed by atoms with E-state index in [1.807, 2.05) is 0 Å². The lowest BCUT2D eigenvalue weighted by atomic mass is 10.0. The van der Waals surface area contributed by atoms with Crippen LogP contribution < -0.4 is 22.1 Å². The lowest BCUT2D eigenvalue weighted by Gasteiger charge is -2.12. The van der Waals surface area contributed by atoms with Gasteiger partial charge in [-0.25, -0.2) is 0 Å². The highest BCUT2D eigenvalue weighted by Crippen LogP contribution is 2.12. The minimum Gasteiger partial charge on any atom is -0.352 e. The molecule has 38 heavy (non-hydrogen) atoms. The minimum absolute atomic E-state index is 0.148. The van der Waals surface area contributed by atoms with Gasteiger partial charge in [-0.15, -0.1) is 0 Å². The van der Waals surface area contributed by atoms with Crippen LogP contribution in [0, 0.1) is 0 Å². The highest BCUT2D eigenvalue weighted by atomic mass is 16.2. The number of nitrogens with one attached hydrogen (secondary N) is 2. The molecule has 2 unspecified atom stereocenters. The van der Waals surface area contributed by atoms with E-state index in [-0.39, 0.29) is 23.9 Å². The second-order valence-corrected chi connectivity index (χ2v) is 11.0. The van der Waals surface area contributed by atoms with Crippen LogP contribution in [-0.4, -0.2) is 37.0 Å². The lowest BCUT2D eigenvalue weighted by molar-refractivity contribution is 0.0952. The summed E-state index contributed by atoms with van der Waals surface area (Å²) in [5.41, 5.74) is 13.5. The van der Waals surface area contributed by atoms with Crippen molar-refractivity contribution in [1.29, 1.82) is 0 Å². The molecule has 0 radical (unpaired) electrons. The SMILES string of the molecule is CCCCCCCCC(N)CCCNC(=O)c1cccc(C(=O)NCCCC(N)CCCCCCCC)c1. The van der Waals surface area contributed by atoms with Crippen LogP contribution in [0.25, 0.3) is 0 Å². The molecule has 0 bridgehead atoms. The van der Waals surface area contributed by atoms with Crippen LogP contribution >= 0.6 is 0 Å². The zero-order valence-electron chi connectivity index (χ0n) is 24.6. The summed E-state index contributed by atoms with van der Waals surface area (Å²) in [5, 5.41) is 5.93. The van der Waals surface area contributed by atoms with E-state index >= 15 is 0 Å². The first kappa shape index (κ1) is 34.1. The van der Waals surface area contributed by atoms with Crippen molar-refractivity contribution in [2.75, 3.05) is 13.1 Å². The fraction of sp³-hybridized carbons (Fsp3) is 0.750. The number of unbranched alkanes of at least 4 members (excludes halogenated alkanes) is 10. The molecular formula is C32H58N4O2. The van der Waals surface area contributed by atoms with Crippen molar-refractivity contribution < 1.29 is 9.59 Å². The molecule has 6 nitrogen and oxygen atoms in total. The fourth-order valence-corrected chi connectivity index (χ4v) is 4.80. The predicted octanol–water partition coefficient (Wildman–Crippen LogP) is 6.86. The van der Waals surface area contributed by atoms with Gasteiger partial charge in [-0.3, -0.25) is 9.59 Å². The van der Waals surface area contributed by atoms with Crippen LogP contribution in [0.2, 0.25) is 0 Å². The summed E-state index contributed by atoms with van der Waals surface area (Å²) in [6.45, 7) is 5.66. The third-order valence-corrected chi connectivity index (χ3v) is 7.32. The van der Waals surface area contributed by atoms with Crippen molar-refractivity contribution >= 4 is 11.8 Å². The molecule has 6 N–H and O–H groups in total. The highest BCUT2D eigenvalue weighted by Gasteiger charge is 2.11. The van der Waals surface area contributed by atoms with Gasteiger partial charge in [0.25, 0.3) is 11.8 Å². The highest BCUT2D eigenvalue weighted by molar-refractivity contribution is 5.99. The average Bonchev–Trinajstić information content (AvgIpc) is 2.92. The number of rotatable bonds is 24. The van der Waals surface area contributed by atoms with E-state index in [9.17, 15) is 9.59 Å². The molecule has 0 fully saturated rings. The van der Waals surface area contributed by atoms with Crippen LogP contribution in [0.1, 0.15) is 150 Å². The Morgan fingerprint density at radius 3 is 1.39 bits per heavy atom. The van der Waals surface area contributed by atoms with Crippen molar-refractivity contribution in [3.8, 4) is 0 Å². The van der Waals surface area contributed by atoms with Crippen LogP contribution in [0.15, 0.2) is 24.3 Å². The molecule has 1 aromatic rings. The monoisotopic (exact) mass is 530 g/mol. The third kappa shape index (κ3) is 17.6. The van der Waals surface area contributed by atoms with E-state index in [2.05, 4.69) is 24.5 Å². The summed E-state index contributed by atoms with van der Waals surface area (Å²) in [6.07, 6.45) is 21.1. The number of amides is 2. The van der Waals surface area contributed by atoms with Crippen LogP contribution in [0.5, 0.6) is 0 Å². The number of carbonyl (C=O) groups excluding carboxylic acids is 2. The molecule has 0 aliphatic rings. The second kappa shape index (κ2) is 23.0. The summed E-state index contributed by atoms with van der Waals surface area (Å²) < 4.78 is 0. The molecule has 0 heterocycles. The molecule has 1 aromatic carbocycles. The standard InChI is InChI=1S/C32H58N4O2/c1-3-5-7-9-11-13-20-29(33)22-16-24-35-31(37)27-18-15-19-28(26-27)32(38)36-25-17-23-30(34)21-14-12-10-8-6-4-2/h15,18-19,26,29-30H,3-14,16-17,20-25,33-34H2,1-2H3,(H,35,37)(H,36,38). The van der Waals surface area contributed by atoms with Crippen LogP contribution in [0.4, 0.5) is 0 Å². The van der Waals surface area contributed by atoms with Crippen LogP contribution in [-0.2, 0) is 0 Å². The molecule has 0 spiro atoms. The molecule has 0 saturated heterocycles. The van der Waals surface area contributed by atoms with Gasteiger partial charge in [0.2, 0.25) is 0 Å². The van der Waals surface area contributed by atoms with Gasteiger partial charge in [-0.2, -0.15) is 0 Å².